The van der Waals surface area contributed by atoms with E-state index in [1.54, 1.807) is 0 Å². The molecule has 1 atom stereocenters. The third kappa shape index (κ3) is 3.43. The molecule has 2 N–H and O–H groups in total. The number of hydrogen-bond donors (Lipinski definition) is 1. The van der Waals surface area contributed by atoms with Gasteiger partial charge in [0.25, 0.3) is 5.91 Å². The molecule has 0 bridgehead atoms. The zero-order valence-corrected chi connectivity index (χ0v) is 14.7. The van der Waals surface area contributed by atoms with Crippen LogP contribution in [-0.2, 0) is 14.3 Å². The summed E-state index contributed by atoms with van der Waals surface area (Å²) in [5.74, 6) is -0.114. The third-order valence-corrected chi connectivity index (χ3v) is 5.88. The first kappa shape index (κ1) is 17.6. The number of hydrogen-bond acceptors (Lipinski definition) is 5. The van der Waals surface area contributed by atoms with Crippen molar-refractivity contribution in [2.45, 2.75) is 43.7 Å². The van der Waals surface area contributed by atoms with Crippen molar-refractivity contribution in [3.8, 4) is 0 Å². The smallest absolute Gasteiger partial charge is 0.253 e. The van der Waals surface area contributed by atoms with E-state index in [0.29, 0.717) is 26.2 Å². The minimum atomic E-state index is -0.491. The number of likely N-dealkylation sites (N-methyl/N-ethyl adjacent to an activating group) is 1. The SMILES string of the molecule is CN1CCOC(C(=O)N2CCN(C3(C(N)=O)CCCCC3)CC2)C1. The summed E-state index contributed by atoms with van der Waals surface area (Å²) in [4.78, 5) is 31.1. The van der Waals surface area contributed by atoms with Gasteiger partial charge >= 0.3 is 0 Å². The van der Waals surface area contributed by atoms with Crippen LogP contribution in [0.2, 0.25) is 0 Å². The third-order valence-electron chi connectivity index (χ3n) is 5.88. The van der Waals surface area contributed by atoms with Crippen LogP contribution in [0, 0.1) is 0 Å². The molecule has 3 aliphatic rings. The monoisotopic (exact) mass is 338 g/mol. The molecule has 1 saturated carbocycles. The molecule has 0 radical (unpaired) electrons. The molecule has 2 saturated heterocycles. The van der Waals surface area contributed by atoms with Gasteiger partial charge in [0.2, 0.25) is 5.91 Å². The molecule has 2 amide bonds. The lowest BCUT2D eigenvalue weighted by molar-refractivity contribution is -0.152. The number of nitrogens with zero attached hydrogens (tertiary/aromatic N) is 3. The van der Waals surface area contributed by atoms with Crippen LogP contribution in [0.15, 0.2) is 0 Å². The van der Waals surface area contributed by atoms with Crippen molar-refractivity contribution in [3.05, 3.63) is 0 Å². The molecule has 0 aromatic carbocycles. The summed E-state index contributed by atoms with van der Waals surface area (Å²) in [6, 6.07) is 0. The molecule has 0 spiro atoms. The van der Waals surface area contributed by atoms with Crippen LogP contribution in [-0.4, -0.2) is 91.1 Å². The second-order valence-corrected chi connectivity index (χ2v) is 7.39. The second-order valence-electron chi connectivity index (χ2n) is 7.39. The summed E-state index contributed by atoms with van der Waals surface area (Å²) in [7, 11) is 2.01. The average Bonchev–Trinajstić information content (AvgIpc) is 2.61. The van der Waals surface area contributed by atoms with Gasteiger partial charge in [-0.15, -0.1) is 0 Å². The van der Waals surface area contributed by atoms with Gasteiger partial charge in [-0.3, -0.25) is 14.5 Å². The summed E-state index contributed by atoms with van der Waals surface area (Å²) in [5, 5.41) is 0. The lowest BCUT2D eigenvalue weighted by Gasteiger charge is -2.48. The maximum Gasteiger partial charge on any atom is 0.253 e. The molecular formula is C17H30N4O3. The molecule has 2 heterocycles. The van der Waals surface area contributed by atoms with E-state index in [0.717, 1.165) is 45.3 Å². The Hall–Kier alpha value is -1.18. The van der Waals surface area contributed by atoms with Crippen molar-refractivity contribution in [3.63, 3.8) is 0 Å². The largest absolute Gasteiger partial charge is 0.368 e. The maximum atomic E-state index is 12.7. The van der Waals surface area contributed by atoms with Gasteiger partial charge in [-0.05, 0) is 19.9 Å². The van der Waals surface area contributed by atoms with Gasteiger partial charge in [-0.1, -0.05) is 19.3 Å². The van der Waals surface area contributed by atoms with Crippen molar-refractivity contribution in [1.82, 2.24) is 14.7 Å². The van der Waals surface area contributed by atoms with Gasteiger partial charge in [0.15, 0.2) is 0 Å². The van der Waals surface area contributed by atoms with E-state index in [1.807, 2.05) is 11.9 Å². The van der Waals surface area contributed by atoms with Crippen LogP contribution in [0.1, 0.15) is 32.1 Å². The number of morpholine rings is 1. The summed E-state index contributed by atoms with van der Waals surface area (Å²) in [6.45, 7) is 4.88. The number of primary amides is 1. The van der Waals surface area contributed by atoms with Crippen molar-refractivity contribution >= 4 is 11.8 Å². The standard InChI is InChI=1S/C17H30N4O3/c1-19-11-12-24-14(13-19)15(22)20-7-9-21(10-8-20)17(16(18)23)5-3-2-4-6-17/h14H,2-13H2,1H3,(H2,18,23). The molecule has 7 heteroatoms. The van der Waals surface area contributed by atoms with Crippen molar-refractivity contribution < 1.29 is 14.3 Å². The van der Waals surface area contributed by atoms with Gasteiger partial charge < -0.3 is 20.3 Å². The molecule has 1 unspecified atom stereocenters. The summed E-state index contributed by atoms with van der Waals surface area (Å²) in [6.07, 6.45) is 4.66. The predicted octanol–water partition coefficient (Wildman–Crippen LogP) is -0.351. The highest BCUT2D eigenvalue weighted by Crippen LogP contribution is 2.34. The zero-order valence-electron chi connectivity index (χ0n) is 14.7. The Morgan fingerprint density at radius 3 is 2.29 bits per heavy atom. The van der Waals surface area contributed by atoms with Crippen LogP contribution >= 0.6 is 0 Å². The minimum Gasteiger partial charge on any atom is -0.368 e. The molecule has 0 aromatic heterocycles. The highest BCUT2D eigenvalue weighted by atomic mass is 16.5. The Kier molecular flexibility index (Phi) is 5.42. The fourth-order valence-corrected chi connectivity index (χ4v) is 4.34. The number of piperazine rings is 1. The highest BCUT2D eigenvalue weighted by Gasteiger charge is 2.44. The van der Waals surface area contributed by atoms with Crippen LogP contribution in [0.25, 0.3) is 0 Å². The topological polar surface area (TPSA) is 79.1 Å². The maximum absolute atomic E-state index is 12.7. The van der Waals surface area contributed by atoms with E-state index in [2.05, 4.69) is 9.80 Å². The molecule has 1 aliphatic carbocycles. The van der Waals surface area contributed by atoms with Crippen LogP contribution in [0.3, 0.4) is 0 Å². The molecule has 3 fully saturated rings. The first-order valence-corrected chi connectivity index (χ1v) is 9.17. The number of nitrogens with two attached hydrogens (primary N) is 1. The molecule has 7 nitrogen and oxygen atoms in total. The number of rotatable bonds is 3. The Balaban J connectivity index is 1.58. The molecule has 136 valence electrons. The average molecular weight is 338 g/mol. The Morgan fingerprint density at radius 2 is 1.71 bits per heavy atom. The van der Waals surface area contributed by atoms with Gasteiger partial charge in [-0.2, -0.15) is 0 Å². The van der Waals surface area contributed by atoms with E-state index in [9.17, 15) is 9.59 Å². The van der Waals surface area contributed by atoms with Crippen LogP contribution in [0.4, 0.5) is 0 Å². The first-order valence-electron chi connectivity index (χ1n) is 9.17. The van der Waals surface area contributed by atoms with E-state index < -0.39 is 5.54 Å². The fourth-order valence-electron chi connectivity index (χ4n) is 4.34. The number of ether oxygens (including phenoxy) is 1. The van der Waals surface area contributed by atoms with Gasteiger partial charge in [-0.25, -0.2) is 0 Å². The Morgan fingerprint density at radius 1 is 1.04 bits per heavy atom. The summed E-state index contributed by atoms with van der Waals surface area (Å²) in [5.41, 5.74) is 5.28. The fraction of sp³-hybridized carbons (Fsp3) is 0.882. The van der Waals surface area contributed by atoms with Crippen LogP contribution in [0.5, 0.6) is 0 Å². The number of carbonyl (C=O) groups is 2. The zero-order chi connectivity index (χ0) is 17.2. The highest BCUT2D eigenvalue weighted by molar-refractivity contribution is 5.85. The van der Waals surface area contributed by atoms with Gasteiger partial charge in [0, 0.05) is 39.3 Å². The lowest BCUT2D eigenvalue weighted by atomic mass is 9.79. The van der Waals surface area contributed by atoms with E-state index in [4.69, 9.17) is 10.5 Å². The van der Waals surface area contributed by atoms with Gasteiger partial charge in [0.05, 0.1) is 6.61 Å². The van der Waals surface area contributed by atoms with Gasteiger partial charge in [0.1, 0.15) is 11.6 Å². The lowest BCUT2D eigenvalue weighted by Crippen LogP contribution is -2.64. The molecule has 3 rings (SSSR count). The predicted molar refractivity (Wildman–Crippen MR) is 90.4 cm³/mol. The normalized spacial score (nSPS) is 29.4. The minimum absolute atomic E-state index is 0.0815. The first-order chi connectivity index (χ1) is 11.5. The quantitative estimate of drug-likeness (QED) is 0.761. The van der Waals surface area contributed by atoms with Crippen molar-refractivity contribution in [2.75, 3.05) is 52.9 Å². The van der Waals surface area contributed by atoms with E-state index in [-0.39, 0.29) is 17.9 Å². The summed E-state index contributed by atoms with van der Waals surface area (Å²) < 4.78 is 5.64. The summed E-state index contributed by atoms with van der Waals surface area (Å²) >= 11 is 0. The Labute approximate surface area is 144 Å². The van der Waals surface area contributed by atoms with Crippen LogP contribution < -0.4 is 5.73 Å². The number of amides is 2. The van der Waals surface area contributed by atoms with E-state index >= 15 is 0 Å². The second kappa shape index (κ2) is 7.37. The van der Waals surface area contributed by atoms with Crippen molar-refractivity contribution in [2.24, 2.45) is 5.73 Å². The molecule has 24 heavy (non-hydrogen) atoms. The van der Waals surface area contributed by atoms with E-state index in [1.165, 1.54) is 6.42 Å². The molecular weight excluding hydrogens is 308 g/mol. The molecule has 2 aliphatic heterocycles. The number of carbonyl (C=O) groups excluding carboxylic acids is 2. The Bertz CT molecular complexity index is 470. The molecule has 0 aromatic rings. The van der Waals surface area contributed by atoms with Crippen molar-refractivity contribution in [1.29, 1.82) is 0 Å².